The molecule has 1 aromatic heterocycles. The molecule has 28 heavy (non-hydrogen) atoms. The Kier molecular flexibility index (Phi) is 5.98. The minimum Gasteiger partial charge on any atom is -0.495 e. The van der Waals surface area contributed by atoms with Gasteiger partial charge in [-0.05, 0) is 18.2 Å². The second-order valence-electron chi connectivity index (χ2n) is 6.04. The van der Waals surface area contributed by atoms with Gasteiger partial charge in [-0.25, -0.2) is 4.98 Å². The average molecular weight is 400 g/mol. The van der Waals surface area contributed by atoms with Crippen molar-refractivity contribution < 1.29 is 32.6 Å². The predicted octanol–water partition coefficient (Wildman–Crippen LogP) is 2.17. The monoisotopic (exact) mass is 400 g/mol. The number of hydrogen-bond acceptors (Lipinski definition) is 5. The molecule has 0 fully saturated rings. The van der Waals surface area contributed by atoms with Crippen molar-refractivity contribution in [2.75, 3.05) is 17.7 Å². The minimum absolute atomic E-state index is 0.0307. The summed E-state index contributed by atoms with van der Waals surface area (Å²) in [6, 6.07) is 4.25. The number of carbonyl (C=O) groups is 2. The van der Waals surface area contributed by atoms with E-state index >= 15 is 0 Å². The lowest BCUT2D eigenvalue weighted by atomic mass is 9.97. The summed E-state index contributed by atoms with van der Waals surface area (Å²) in [6.07, 6.45) is -4.16. The highest BCUT2D eigenvalue weighted by atomic mass is 19.4. The van der Waals surface area contributed by atoms with E-state index in [2.05, 4.69) is 15.6 Å². The fourth-order valence-electron chi connectivity index (χ4n) is 2.58. The second-order valence-corrected chi connectivity index (χ2v) is 6.04. The number of hydrogen-bond donors (Lipinski definition) is 3. The molecule has 0 spiro atoms. The zero-order valence-electron chi connectivity index (χ0n) is 15.3. The molecule has 8 nitrogen and oxygen atoms in total. The number of nitrogens with zero attached hydrogens (tertiary/aromatic N) is 2. The van der Waals surface area contributed by atoms with Crippen molar-refractivity contribution >= 4 is 23.2 Å². The molecule has 0 saturated heterocycles. The maximum Gasteiger partial charge on any atom is 0.425 e. The molecule has 152 valence electrons. The molecular formula is C17H19F3N4O4. The van der Waals surface area contributed by atoms with Crippen LogP contribution in [0.15, 0.2) is 30.6 Å². The molecule has 0 radical (unpaired) electrons. The van der Waals surface area contributed by atoms with E-state index in [4.69, 9.17) is 4.74 Å². The van der Waals surface area contributed by atoms with E-state index in [1.54, 1.807) is 0 Å². The highest BCUT2D eigenvalue weighted by molar-refractivity contribution is 5.95. The highest BCUT2D eigenvalue weighted by Crippen LogP contribution is 2.41. The van der Waals surface area contributed by atoms with E-state index in [1.165, 1.54) is 45.5 Å². The molecule has 0 saturated carbocycles. The summed E-state index contributed by atoms with van der Waals surface area (Å²) in [7, 11) is 2.58. The van der Waals surface area contributed by atoms with Gasteiger partial charge < -0.3 is 25.0 Å². The number of methoxy groups -OCH3 is 1. The molecule has 2 rings (SSSR count). The Morgan fingerprint density at radius 3 is 2.46 bits per heavy atom. The Morgan fingerprint density at radius 1 is 1.29 bits per heavy atom. The third-order valence-electron chi connectivity index (χ3n) is 3.87. The predicted molar refractivity (Wildman–Crippen MR) is 93.7 cm³/mol. The van der Waals surface area contributed by atoms with Crippen LogP contribution >= 0.6 is 0 Å². The van der Waals surface area contributed by atoms with E-state index < -0.39 is 29.9 Å². The van der Waals surface area contributed by atoms with Gasteiger partial charge in [0.05, 0.1) is 19.2 Å². The van der Waals surface area contributed by atoms with Crippen LogP contribution in [0.5, 0.6) is 5.75 Å². The highest BCUT2D eigenvalue weighted by Gasteiger charge is 2.58. The molecule has 0 bridgehead atoms. The third-order valence-corrected chi connectivity index (χ3v) is 3.87. The normalized spacial score (nSPS) is 13.5. The molecule has 11 heteroatoms. The number of aryl methyl sites for hydroxylation is 1. The van der Waals surface area contributed by atoms with Gasteiger partial charge in [-0.15, -0.1) is 0 Å². The average Bonchev–Trinajstić information content (AvgIpc) is 3.00. The van der Waals surface area contributed by atoms with E-state index in [1.807, 2.05) is 0 Å². The number of rotatable bonds is 6. The lowest BCUT2D eigenvalue weighted by Crippen LogP contribution is -2.46. The first-order valence-corrected chi connectivity index (χ1v) is 8.00. The van der Waals surface area contributed by atoms with Crippen LogP contribution in [0.25, 0.3) is 0 Å². The van der Waals surface area contributed by atoms with Crippen molar-refractivity contribution in [3.8, 4) is 5.75 Å². The molecule has 0 aliphatic carbocycles. The van der Waals surface area contributed by atoms with Crippen molar-refractivity contribution in [2.24, 2.45) is 7.05 Å². The van der Waals surface area contributed by atoms with E-state index in [9.17, 15) is 27.9 Å². The summed E-state index contributed by atoms with van der Waals surface area (Å²) in [5.74, 6) is -2.05. The number of nitrogens with one attached hydrogen (secondary N) is 2. The number of imidazole rings is 1. The molecule has 1 aromatic carbocycles. The van der Waals surface area contributed by atoms with Crippen molar-refractivity contribution in [1.82, 2.24) is 9.55 Å². The van der Waals surface area contributed by atoms with Crippen LogP contribution in [-0.2, 0) is 22.2 Å². The lowest BCUT2D eigenvalue weighted by molar-refractivity contribution is -0.270. The molecule has 1 atom stereocenters. The van der Waals surface area contributed by atoms with Crippen LogP contribution in [0, 0.1) is 0 Å². The Bertz CT molecular complexity index is 882. The van der Waals surface area contributed by atoms with Gasteiger partial charge in [0.25, 0.3) is 0 Å². The minimum atomic E-state index is -5.15. The zero-order valence-corrected chi connectivity index (χ0v) is 15.3. The van der Waals surface area contributed by atoms with E-state index in [0.717, 1.165) is 10.8 Å². The first-order valence-electron chi connectivity index (χ1n) is 8.00. The van der Waals surface area contributed by atoms with Gasteiger partial charge in [0, 0.05) is 32.1 Å². The van der Waals surface area contributed by atoms with Crippen molar-refractivity contribution in [3.05, 3.63) is 36.4 Å². The number of halogens is 3. The molecule has 3 N–H and O–H groups in total. The van der Waals surface area contributed by atoms with Crippen molar-refractivity contribution in [2.45, 2.75) is 25.1 Å². The SMILES string of the molecule is COc1ccc(NC(C)=O)cc1NC(=O)CC(O)(c1nccn1C)C(F)(F)F. The summed E-state index contributed by atoms with van der Waals surface area (Å²) in [6.45, 7) is 1.28. The summed E-state index contributed by atoms with van der Waals surface area (Å²) >= 11 is 0. The molecule has 1 unspecified atom stereocenters. The van der Waals surface area contributed by atoms with Gasteiger partial charge in [0.2, 0.25) is 17.4 Å². The molecular weight excluding hydrogens is 381 g/mol. The van der Waals surface area contributed by atoms with Crippen LogP contribution in [0.2, 0.25) is 0 Å². The van der Waals surface area contributed by atoms with Gasteiger partial charge in [0.15, 0.2) is 5.82 Å². The Balaban J connectivity index is 2.31. The Hall–Kier alpha value is -3.08. The summed E-state index contributed by atoms with van der Waals surface area (Å²) < 4.78 is 46.7. The third kappa shape index (κ3) is 4.42. The van der Waals surface area contributed by atoms with Crippen molar-refractivity contribution in [1.29, 1.82) is 0 Å². The molecule has 1 heterocycles. The largest absolute Gasteiger partial charge is 0.495 e. The van der Waals surface area contributed by atoms with Gasteiger partial charge >= 0.3 is 6.18 Å². The maximum absolute atomic E-state index is 13.5. The first-order chi connectivity index (χ1) is 13.0. The summed E-state index contributed by atoms with van der Waals surface area (Å²) in [5, 5.41) is 15.0. The number of aromatic nitrogens is 2. The quantitative estimate of drug-likeness (QED) is 0.689. The topological polar surface area (TPSA) is 105 Å². The Morgan fingerprint density at radius 2 is 1.96 bits per heavy atom. The van der Waals surface area contributed by atoms with Crippen LogP contribution in [0.4, 0.5) is 24.5 Å². The fraction of sp³-hybridized carbons (Fsp3) is 0.353. The van der Waals surface area contributed by atoms with Crippen molar-refractivity contribution in [3.63, 3.8) is 0 Å². The smallest absolute Gasteiger partial charge is 0.425 e. The number of ether oxygens (including phenoxy) is 1. The number of amides is 2. The summed E-state index contributed by atoms with van der Waals surface area (Å²) in [5.41, 5.74) is -3.15. The molecule has 0 aliphatic heterocycles. The van der Waals surface area contributed by atoms with Gasteiger partial charge in [-0.1, -0.05) is 0 Å². The van der Waals surface area contributed by atoms with Gasteiger partial charge in [-0.2, -0.15) is 13.2 Å². The number of aliphatic hydroxyl groups is 1. The van der Waals surface area contributed by atoms with E-state index in [-0.39, 0.29) is 17.3 Å². The lowest BCUT2D eigenvalue weighted by Gasteiger charge is -2.29. The molecule has 0 aliphatic rings. The standard InChI is InChI=1S/C17H19F3N4O4/c1-10(25)22-11-4-5-13(28-3)12(8-11)23-14(26)9-16(27,17(18,19)20)15-21-6-7-24(15)2/h4-8,27H,9H2,1-3H3,(H,22,25)(H,23,26). The summed E-state index contributed by atoms with van der Waals surface area (Å²) in [4.78, 5) is 27.0. The molecule has 2 aromatic rings. The second kappa shape index (κ2) is 7.89. The van der Waals surface area contributed by atoms with E-state index in [0.29, 0.717) is 5.69 Å². The van der Waals surface area contributed by atoms with Crippen LogP contribution in [-0.4, -0.2) is 39.8 Å². The van der Waals surface area contributed by atoms with Gasteiger partial charge in [0.1, 0.15) is 5.75 Å². The zero-order chi connectivity index (χ0) is 21.1. The number of carbonyl (C=O) groups excluding carboxylic acids is 2. The fourth-order valence-corrected chi connectivity index (χ4v) is 2.58. The van der Waals surface area contributed by atoms with Crippen LogP contribution < -0.4 is 15.4 Å². The number of anilines is 2. The number of benzene rings is 1. The van der Waals surface area contributed by atoms with Crippen LogP contribution in [0.1, 0.15) is 19.2 Å². The number of alkyl halides is 3. The molecule has 2 amide bonds. The van der Waals surface area contributed by atoms with Gasteiger partial charge in [-0.3, -0.25) is 9.59 Å². The first kappa shape index (κ1) is 21.2. The van der Waals surface area contributed by atoms with Crippen LogP contribution in [0.3, 0.4) is 0 Å². The Labute approximate surface area is 158 Å². The maximum atomic E-state index is 13.5.